The molecule has 1 aliphatic rings. The van der Waals surface area contributed by atoms with E-state index in [1.807, 2.05) is 0 Å². The van der Waals surface area contributed by atoms with E-state index in [0.29, 0.717) is 6.61 Å². The number of hydrogen-bond acceptors (Lipinski definition) is 2. The molecule has 1 fully saturated rings. The Morgan fingerprint density at radius 1 is 1.58 bits per heavy atom. The molecule has 0 aliphatic carbocycles. The van der Waals surface area contributed by atoms with Crippen molar-refractivity contribution in [2.24, 2.45) is 11.8 Å². The first-order chi connectivity index (χ1) is 5.72. The number of ether oxygens (including phenoxy) is 1. The highest BCUT2D eigenvalue weighted by Gasteiger charge is 2.24. The highest BCUT2D eigenvalue weighted by molar-refractivity contribution is 5.69. The molecular weight excluding hydrogens is 156 g/mol. The fraction of sp³-hybridized carbons (Fsp3) is 0.889. The van der Waals surface area contributed by atoms with Crippen LogP contribution in [0.3, 0.4) is 0 Å². The van der Waals surface area contributed by atoms with Gasteiger partial charge in [-0.15, -0.1) is 0 Å². The number of hydrogen-bond donors (Lipinski definition) is 1. The second-order valence-corrected chi connectivity index (χ2v) is 3.46. The summed E-state index contributed by atoms with van der Waals surface area (Å²) in [6.07, 6.45) is 3.17. The van der Waals surface area contributed by atoms with Crippen molar-refractivity contribution in [2.75, 3.05) is 13.2 Å². The minimum atomic E-state index is -0.703. The Balaban J connectivity index is 2.42. The van der Waals surface area contributed by atoms with Gasteiger partial charge >= 0.3 is 5.97 Å². The summed E-state index contributed by atoms with van der Waals surface area (Å²) < 4.78 is 5.32. The van der Waals surface area contributed by atoms with Gasteiger partial charge in [0.1, 0.15) is 0 Å². The smallest absolute Gasteiger partial charge is 0.306 e. The fourth-order valence-corrected chi connectivity index (χ4v) is 1.52. The van der Waals surface area contributed by atoms with Gasteiger partial charge < -0.3 is 9.84 Å². The van der Waals surface area contributed by atoms with Crippen LogP contribution in [0.1, 0.15) is 26.2 Å². The third-order valence-electron chi connectivity index (χ3n) is 2.54. The maximum atomic E-state index is 10.7. The third kappa shape index (κ3) is 2.48. The van der Waals surface area contributed by atoms with E-state index in [1.165, 1.54) is 0 Å². The molecule has 2 atom stereocenters. The van der Waals surface area contributed by atoms with Crippen molar-refractivity contribution in [1.29, 1.82) is 0 Å². The molecule has 2 unspecified atom stereocenters. The lowest BCUT2D eigenvalue weighted by Crippen LogP contribution is -2.23. The topological polar surface area (TPSA) is 46.5 Å². The average Bonchev–Trinajstić information content (AvgIpc) is 2.30. The van der Waals surface area contributed by atoms with Gasteiger partial charge in [-0.25, -0.2) is 0 Å². The second-order valence-electron chi connectivity index (χ2n) is 3.46. The fourth-order valence-electron chi connectivity index (χ4n) is 1.52. The molecule has 0 aromatic rings. The van der Waals surface area contributed by atoms with Crippen LogP contribution in [0.2, 0.25) is 0 Å². The van der Waals surface area contributed by atoms with E-state index < -0.39 is 5.97 Å². The van der Waals surface area contributed by atoms with Crippen molar-refractivity contribution in [3.05, 3.63) is 0 Å². The molecule has 0 saturated carbocycles. The van der Waals surface area contributed by atoms with Crippen molar-refractivity contribution < 1.29 is 14.6 Å². The van der Waals surface area contributed by atoms with Crippen molar-refractivity contribution in [2.45, 2.75) is 26.2 Å². The zero-order chi connectivity index (χ0) is 8.97. The first-order valence-corrected chi connectivity index (χ1v) is 4.52. The van der Waals surface area contributed by atoms with Crippen LogP contribution in [0.25, 0.3) is 0 Å². The van der Waals surface area contributed by atoms with Gasteiger partial charge in [-0.1, -0.05) is 13.3 Å². The van der Waals surface area contributed by atoms with Crippen LogP contribution >= 0.6 is 0 Å². The van der Waals surface area contributed by atoms with Crippen molar-refractivity contribution in [3.8, 4) is 0 Å². The Bertz CT molecular complexity index is 148. The van der Waals surface area contributed by atoms with Crippen molar-refractivity contribution in [1.82, 2.24) is 0 Å². The van der Waals surface area contributed by atoms with E-state index in [4.69, 9.17) is 9.84 Å². The highest BCUT2D eigenvalue weighted by Crippen LogP contribution is 2.21. The van der Waals surface area contributed by atoms with E-state index in [0.717, 1.165) is 25.9 Å². The summed E-state index contributed by atoms with van der Waals surface area (Å²) >= 11 is 0. The zero-order valence-electron chi connectivity index (χ0n) is 7.45. The van der Waals surface area contributed by atoms with Gasteiger partial charge in [0, 0.05) is 6.61 Å². The number of rotatable bonds is 2. The molecule has 3 heteroatoms. The maximum Gasteiger partial charge on any atom is 0.306 e. The second kappa shape index (κ2) is 4.45. The molecule has 0 spiro atoms. The predicted molar refractivity (Wildman–Crippen MR) is 45.0 cm³/mol. The predicted octanol–water partition coefficient (Wildman–Crippen LogP) is 1.52. The summed E-state index contributed by atoms with van der Waals surface area (Å²) in [7, 11) is 0. The van der Waals surface area contributed by atoms with Crippen molar-refractivity contribution in [3.63, 3.8) is 0 Å². The minimum absolute atomic E-state index is 0.213. The molecule has 12 heavy (non-hydrogen) atoms. The Kier molecular flexibility index (Phi) is 3.53. The Hall–Kier alpha value is -0.570. The average molecular weight is 172 g/mol. The van der Waals surface area contributed by atoms with Gasteiger partial charge in [0.15, 0.2) is 0 Å². The summed E-state index contributed by atoms with van der Waals surface area (Å²) in [6.45, 7) is 3.18. The lowest BCUT2D eigenvalue weighted by molar-refractivity contribution is -0.143. The normalized spacial score (nSPS) is 27.6. The highest BCUT2D eigenvalue weighted by atomic mass is 16.5. The van der Waals surface area contributed by atoms with Gasteiger partial charge in [-0.3, -0.25) is 4.79 Å². The first kappa shape index (κ1) is 9.52. The molecule has 1 heterocycles. The third-order valence-corrected chi connectivity index (χ3v) is 2.54. The lowest BCUT2D eigenvalue weighted by Gasteiger charge is -2.17. The molecule has 1 N–H and O–H groups in total. The zero-order valence-corrected chi connectivity index (χ0v) is 7.45. The summed E-state index contributed by atoms with van der Waals surface area (Å²) in [5.41, 5.74) is 0. The van der Waals surface area contributed by atoms with Crippen LogP contribution in [0.5, 0.6) is 0 Å². The first-order valence-electron chi connectivity index (χ1n) is 4.52. The lowest BCUT2D eigenvalue weighted by atomic mass is 9.91. The molecule has 0 bridgehead atoms. The van der Waals surface area contributed by atoms with Crippen LogP contribution in [0.15, 0.2) is 0 Å². The molecule has 3 nitrogen and oxygen atoms in total. The van der Waals surface area contributed by atoms with Crippen LogP contribution in [-0.4, -0.2) is 24.3 Å². The van der Waals surface area contributed by atoms with E-state index in [2.05, 4.69) is 0 Å². The number of carboxylic acids is 1. The van der Waals surface area contributed by atoms with Crippen LogP contribution in [0.4, 0.5) is 0 Å². The monoisotopic (exact) mass is 172 g/mol. The Labute approximate surface area is 72.7 Å². The van der Waals surface area contributed by atoms with E-state index in [-0.39, 0.29) is 11.8 Å². The Morgan fingerprint density at radius 3 is 3.00 bits per heavy atom. The van der Waals surface area contributed by atoms with E-state index in [1.54, 1.807) is 6.92 Å². The number of carbonyl (C=O) groups is 1. The summed E-state index contributed by atoms with van der Waals surface area (Å²) in [6, 6.07) is 0. The molecule has 1 saturated heterocycles. The molecule has 70 valence electrons. The SMILES string of the molecule is CC(C(=O)O)C1CCCCOC1. The van der Waals surface area contributed by atoms with E-state index in [9.17, 15) is 4.79 Å². The number of aliphatic carboxylic acids is 1. The number of carboxylic acid groups (broad SMARTS) is 1. The van der Waals surface area contributed by atoms with Crippen LogP contribution < -0.4 is 0 Å². The van der Waals surface area contributed by atoms with Crippen LogP contribution in [0, 0.1) is 11.8 Å². The molecule has 0 aromatic carbocycles. The van der Waals surface area contributed by atoms with Gasteiger partial charge in [-0.2, -0.15) is 0 Å². The Morgan fingerprint density at radius 2 is 2.33 bits per heavy atom. The van der Waals surface area contributed by atoms with Gasteiger partial charge in [-0.05, 0) is 18.8 Å². The van der Waals surface area contributed by atoms with E-state index >= 15 is 0 Å². The van der Waals surface area contributed by atoms with Crippen molar-refractivity contribution >= 4 is 5.97 Å². The maximum absolute atomic E-state index is 10.7. The summed E-state index contributed by atoms with van der Waals surface area (Å²) in [4.78, 5) is 10.7. The molecule has 1 rings (SSSR count). The molecule has 0 aromatic heterocycles. The largest absolute Gasteiger partial charge is 0.481 e. The summed E-state index contributed by atoms with van der Waals surface area (Å²) in [5.74, 6) is -0.751. The molecule has 0 amide bonds. The summed E-state index contributed by atoms with van der Waals surface area (Å²) in [5, 5.41) is 8.77. The molecular formula is C9H16O3. The van der Waals surface area contributed by atoms with Crippen LogP contribution in [-0.2, 0) is 9.53 Å². The minimum Gasteiger partial charge on any atom is -0.481 e. The van der Waals surface area contributed by atoms with Gasteiger partial charge in [0.2, 0.25) is 0 Å². The standard InChI is InChI=1S/C9H16O3/c1-7(9(10)11)8-4-2-3-5-12-6-8/h7-8H,2-6H2,1H3,(H,10,11). The van der Waals surface area contributed by atoms with Gasteiger partial charge in [0.25, 0.3) is 0 Å². The molecule has 1 aliphatic heterocycles. The quantitative estimate of drug-likeness (QED) is 0.687. The molecule has 0 radical (unpaired) electrons. The van der Waals surface area contributed by atoms with Gasteiger partial charge in [0.05, 0.1) is 12.5 Å².